The summed E-state index contributed by atoms with van der Waals surface area (Å²) in [4.78, 5) is 50.2. The molecule has 4 amide bonds. The highest BCUT2D eigenvalue weighted by Gasteiger charge is 2.46. The maximum absolute atomic E-state index is 12.5. The molecular weight excluding hydrogens is 326 g/mol. The first-order valence-electron chi connectivity index (χ1n) is 8.09. The van der Waals surface area contributed by atoms with E-state index in [1.165, 1.54) is 11.8 Å². The summed E-state index contributed by atoms with van der Waals surface area (Å²) in [5.74, 6) is -1.96. The van der Waals surface area contributed by atoms with Gasteiger partial charge in [0.2, 0.25) is 5.91 Å². The van der Waals surface area contributed by atoms with Crippen molar-refractivity contribution >= 4 is 23.8 Å². The molecule has 1 saturated heterocycles. The van der Waals surface area contributed by atoms with Gasteiger partial charge in [0, 0.05) is 25.9 Å². The quantitative estimate of drug-likeness (QED) is 0.749. The molecule has 132 valence electrons. The van der Waals surface area contributed by atoms with Crippen LogP contribution in [-0.4, -0.2) is 57.3 Å². The van der Waals surface area contributed by atoms with E-state index in [-0.39, 0.29) is 18.9 Å². The molecule has 2 N–H and O–H groups in total. The van der Waals surface area contributed by atoms with E-state index in [0.29, 0.717) is 13.0 Å². The molecule has 0 spiro atoms. The zero-order valence-electron chi connectivity index (χ0n) is 13.8. The van der Waals surface area contributed by atoms with Gasteiger partial charge in [-0.3, -0.25) is 19.3 Å². The summed E-state index contributed by atoms with van der Waals surface area (Å²) in [6.45, 7) is 1.67. The van der Waals surface area contributed by atoms with Crippen LogP contribution in [0.5, 0.6) is 0 Å². The summed E-state index contributed by atoms with van der Waals surface area (Å²) in [6, 6.07) is 5.75. The number of carbonyl (C=O) groups is 4. The van der Waals surface area contributed by atoms with Crippen LogP contribution >= 0.6 is 0 Å². The van der Waals surface area contributed by atoms with Crippen LogP contribution in [0, 0.1) is 0 Å². The number of nitrogens with one attached hydrogen (secondary N) is 1. The molecule has 25 heavy (non-hydrogen) atoms. The van der Waals surface area contributed by atoms with Crippen molar-refractivity contribution in [2.24, 2.45) is 0 Å². The van der Waals surface area contributed by atoms with Crippen molar-refractivity contribution in [1.82, 2.24) is 15.1 Å². The third-order valence-electron chi connectivity index (χ3n) is 4.59. The fourth-order valence-electron chi connectivity index (χ4n) is 3.17. The minimum atomic E-state index is -1.14. The maximum atomic E-state index is 12.5. The van der Waals surface area contributed by atoms with Crippen molar-refractivity contribution in [3.05, 3.63) is 35.4 Å². The lowest BCUT2D eigenvalue weighted by molar-refractivity contribution is -0.141. The molecule has 1 fully saturated rings. The topological polar surface area (TPSA) is 107 Å². The maximum Gasteiger partial charge on any atom is 0.327 e. The van der Waals surface area contributed by atoms with Gasteiger partial charge in [0.25, 0.3) is 5.91 Å². The summed E-state index contributed by atoms with van der Waals surface area (Å²) in [6.07, 6.45) is 0.349. The van der Waals surface area contributed by atoms with E-state index in [0.717, 1.165) is 16.0 Å². The van der Waals surface area contributed by atoms with Gasteiger partial charge in [0.1, 0.15) is 12.1 Å². The molecule has 0 saturated carbocycles. The van der Waals surface area contributed by atoms with Crippen molar-refractivity contribution in [3.63, 3.8) is 0 Å². The molecule has 8 heteroatoms. The molecule has 1 aromatic rings. The Morgan fingerprint density at radius 3 is 2.64 bits per heavy atom. The van der Waals surface area contributed by atoms with Crippen LogP contribution in [0.25, 0.3) is 0 Å². The number of aliphatic carboxylic acids is 1. The summed E-state index contributed by atoms with van der Waals surface area (Å²) in [5.41, 5.74) is 2.08. The number of imide groups is 1. The van der Waals surface area contributed by atoms with Gasteiger partial charge in [0.05, 0.1) is 0 Å². The van der Waals surface area contributed by atoms with Crippen molar-refractivity contribution in [2.75, 3.05) is 6.54 Å². The number of carbonyl (C=O) groups excluding carboxylic acids is 3. The number of benzene rings is 1. The minimum Gasteiger partial charge on any atom is -0.480 e. The van der Waals surface area contributed by atoms with Crippen molar-refractivity contribution in [3.8, 4) is 0 Å². The van der Waals surface area contributed by atoms with Gasteiger partial charge >= 0.3 is 12.0 Å². The number of carboxylic acids is 1. The first-order valence-corrected chi connectivity index (χ1v) is 8.09. The molecule has 2 aliphatic rings. The summed E-state index contributed by atoms with van der Waals surface area (Å²) >= 11 is 0. The van der Waals surface area contributed by atoms with E-state index in [9.17, 15) is 19.2 Å². The van der Waals surface area contributed by atoms with Crippen LogP contribution in [0.4, 0.5) is 4.79 Å². The Bertz CT molecular complexity index is 705. The third-order valence-corrected chi connectivity index (χ3v) is 4.59. The Labute approximate surface area is 144 Å². The fraction of sp³-hybridized carbons (Fsp3) is 0.412. The van der Waals surface area contributed by atoms with E-state index in [1.54, 1.807) is 0 Å². The Morgan fingerprint density at radius 1 is 1.28 bits per heavy atom. The van der Waals surface area contributed by atoms with E-state index in [2.05, 4.69) is 5.32 Å². The standard InChI is InChI=1S/C17H19N3O5/c1-10(16(23)24)18-14(21)6-7-19-15(22)13-8-11-4-2-3-5-12(11)9-20(13)17(19)25/h2-5,10,13H,6-9H2,1H3,(H,18,21)(H,23,24)/t10-,13-/m0/s1. The molecule has 3 rings (SSSR count). The fourth-order valence-corrected chi connectivity index (χ4v) is 3.17. The average molecular weight is 345 g/mol. The highest BCUT2D eigenvalue weighted by atomic mass is 16.4. The molecule has 8 nitrogen and oxygen atoms in total. The number of hydrogen-bond donors (Lipinski definition) is 2. The molecule has 2 atom stereocenters. The number of rotatable bonds is 5. The van der Waals surface area contributed by atoms with Crippen LogP contribution in [-0.2, 0) is 27.3 Å². The van der Waals surface area contributed by atoms with Crippen LogP contribution < -0.4 is 5.32 Å². The average Bonchev–Trinajstić information content (AvgIpc) is 2.81. The smallest absolute Gasteiger partial charge is 0.327 e. The van der Waals surface area contributed by atoms with Gasteiger partial charge in [-0.25, -0.2) is 4.79 Å². The zero-order valence-corrected chi connectivity index (χ0v) is 13.8. The van der Waals surface area contributed by atoms with Gasteiger partial charge in [-0.2, -0.15) is 0 Å². The Balaban J connectivity index is 1.64. The molecular formula is C17H19N3O5. The highest BCUT2D eigenvalue weighted by Crippen LogP contribution is 2.29. The summed E-state index contributed by atoms with van der Waals surface area (Å²) in [5, 5.41) is 11.1. The Morgan fingerprint density at radius 2 is 1.96 bits per heavy atom. The molecule has 0 aromatic heterocycles. The van der Waals surface area contributed by atoms with Crippen LogP contribution in [0.1, 0.15) is 24.5 Å². The molecule has 0 radical (unpaired) electrons. The largest absolute Gasteiger partial charge is 0.480 e. The van der Waals surface area contributed by atoms with E-state index in [1.807, 2.05) is 24.3 Å². The first kappa shape index (κ1) is 16.9. The van der Waals surface area contributed by atoms with Crippen molar-refractivity contribution in [1.29, 1.82) is 0 Å². The number of hydrogen-bond acceptors (Lipinski definition) is 4. The van der Waals surface area contributed by atoms with E-state index in [4.69, 9.17) is 5.11 Å². The second-order valence-corrected chi connectivity index (χ2v) is 6.27. The normalized spacial score (nSPS) is 20.1. The molecule has 2 aliphatic heterocycles. The second-order valence-electron chi connectivity index (χ2n) is 6.27. The summed E-state index contributed by atoms with van der Waals surface area (Å²) in [7, 11) is 0. The SMILES string of the molecule is C[C@H](NC(=O)CCN1C(=O)[C@@H]2Cc3ccccc3CN2C1=O)C(=O)O. The minimum absolute atomic E-state index is 0.0564. The number of carboxylic acid groups (broad SMARTS) is 1. The number of nitrogens with zero attached hydrogens (tertiary/aromatic N) is 2. The van der Waals surface area contributed by atoms with Crippen molar-refractivity contribution in [2.45, 2.75) is 38.4 Å². The number of amides is 4. The lowest BCUT2D eigenvalue weighted by Crippen LogP contribution is -2.41. The molecule has 0 aliphatic carbocycles. The lowest BCUT2D eigenvalue weighted by Gasteiger charge is -2.28. The van der Waals surface area contributed by atoms with Crippen LogP contribution in [0.15, 0.2) is 24.3 Å². The molecule has 0 bridgehead atoms. The third kappa shape index (κ3) is 3.19. The van der Waals surface area contributed by atoms with Crippen LogP contribution in [0.2, 0.25) is 0 Å². The van der Waals surface area contributed by atoms with E-state index < -0.39 is 30.0 Å². The van der Waals surface area contributed by atoms with Gasteiger partial charge in [-0.15, -0.1) is 0 Å². The van der Waals surface area contributed by atoms with Crippen LogP contribution in [0.3, 0.4) is 0 Å². The predicted octanol–water partition coefficient (Wildman–Crippen LogP) is 0.355. The number of fused-ring (bicyclic) bond motifs is 2. The van der Waals surface area contributed by atoms with Crippen molar-refractivity contribution < 1.29 is 24.3 Å². The number of urea groups is 1. The second kappa shape index (κ2) is 6.54. The first-order chi connectivity index (χ1) is 11.9. The summed E-state index contributed by atoms with van der Waals surface area (Å²) < 4.78 is 0. The van der Waals surface area contributed by atoms with Gasteiger partial charge < -0.3 is 15.3 Å². The molecule has 0 unspecified atom stereocenters. The highest BCUT2D eigenvalue weighted by molar-refractivity contribution is 6.04. The van der Waals surface area contributed by atoms with E-state index >= 15 is 0 Å². The monoisotopic (exact) mass is 345 g/mol. The predicted molar refractivity (Wildman–Crippen MR) is 86.4 cm³/mol. The molecule has 2 heterocycles. The Kier molecular flexibility index (Phi) is 4.43. The Hall–Kier alpha value is -2.90. The van der Waals surface area contributed by atoms with Gasteiger partial charge in [0.15, 0.2) is 0 Å². The van der Waals surface area contributed by atoms with Gasteiger partial charge in [-0.1, -0.05) is 24.3 Å². The zero-order chi connectivity index (χ0) is 18.1. The lowest BCUT2D eigenvalue weighted by atomic mass is 9.95. The van der Waals surface area contributed by atoms with Gasteiger partial charge in [-0.05, 0) is 18.1 Å². The molecule has 1 aromatic carbocycles.